The molecule has 1 aliphatic rings. The summed E-state index contributed by atoms with van der Waals surface area (Å²) in [5.41, 5.74) is 1.62. The fraction of sp³-hybridized carbons (Fsp3) is 0.619. The molecule has 1 fully saturated rings. The standard InChI is InChI=1S/C21H34FN5O/c1-5-23-21(25-15-17-9-10-18(22)16(2)14-17)24-11-7-13-27-12-6-8-19(27)20(28)26(3)4/h9-10,14,19H,5-8,11-13,15H2,1-4H3,(H2,23,24,25). The van der Waals surface area contributed by atoms with E-state index in [2.05, 4.69) is 20.5 Å². The molecule has 1 unspecified atom stereocenters. The molecule has 1 amide bonds. The number of nitrogens with one attached hydrogen (secondary N) is 2. The second-order valence-corrected chi connectivity index (χ2v) is 7.49. The summed E-state index contributed by atoms with van der Waals surface area (Å²) in [5, 5.41) is 6.59. The predicted molar refractivity (Wildman–Crippen MR) is 112 cm³/mol. The third-order valence-electron chi connectivity index (χ3n) is 4.99. The lowest BCUT2D eigenvalue weighted by Gasteiger charge is -2.26. The van der Waals surface area contributed by atoms with E-state index in [0.29, 0.717) is 12.1 Å². The Bertz CT molecular complexity index is 677. The molecule has 0 spiro atoms. The van der Waals surface area contributed by atoms with Crippen molar-refractivity contribution in [3.8, 4) is 0 Å². The van der Waals surface area contributed by atoms with Crippen molar-refractivity contribution >= 4 is 11.9 Å². The lowest BCUT2D eigenvalue weighted by atomic mass is 10.1. The van der Waals surface area contributed by atoms with Gasteiger partial charge in [0, 0.05) is 33.7 Å². The van der Waals surface area contributed by atoms with E-state index in [1.807, 2.05) is 27.1 Å². The van der Waals surface area contributed by atoms with E-state index in [4.69, 9.17) is 0 Å². The fourth-order valence-electron chi connectivity index (χ4n) is 3.48. The summed E-state index contributed by atoms with van der Waals surface area (Å²) in [5.74, 6) is 0.771. The van der Waals surface area contributed by atoms with Crippen LogP contribution in [0.1, 0.15) is 37.3 Å². The summed E-state index contributed by atoms with van der Waals surface area (Å²) in [6.45, 7) is 7.74. The van der Waals surface area contributed by atoms with Crippen LogP contribution in [0.15, 0.2) is 23.2 Å². The van der Waals surface area contributed by atoms with Gasteiger partial charge in [0.15, 0.2) is 5.96 Å². The first-order valence-corrected chi connectivity index (χ1v) is 10.1. The van der Waals surface area contributed by atoms with Gasteiger partial charge in [0.05, 0.1) is 12.6 Å². The highest BCUT2D eigenvalue weighted by Gasteiger charge is 2.30. The first-order valence-electron chi connectivity index (χ1n) is 10.1. The number of likely N-dealkylation sites (N-methyl/N-ethyl adjacent to an activating group) is 1. The maximum absolute atomic E-state index is 13.4. The summed E-state index contributed by atoms with van der Waals surface area (Å²) in [6, 6.07) is 5.11. The van der Waals surface area contributed by atoms with Crippen LogP contribution in [-0.2, 0) is 11.3 Å². The zero-order chi connectivity index (χ0) is 20.5. The minimum absolute atomic E-state index is 0.0265. The van der Waals surface area contributed by atoms with Crippen molar-refractivity contribution in [2.24, 2.45) is 4.99 Å². The van der Waals surface area contributed by atoms with Gasteiger partial charge in [-0.15, -0.1) is 0 Å². The van der Waals surface area contributed by atoms with E-state index < -0.39 is 0 Å². The number of carbonyl (C=O) groups excluding carboxylic acids is 1. The van der Waals surface area contributed by atoms with Crippen LogP contribution < -0.4 is 10.6 Å². The summed E-state index contributed by atoms with van der Waals surface area (Å²) < 4.78 is 13.4. The van der Waals surface area contributed by atoms with Crippen LogP contribution >= 0.6 is 0 Å². The number of amides is 1. The second kappa shape index (κ2) is 11.0. The van der Waals surface area contributed by atoms with Gasteiger partial charge in [-0.25, -0.2) is 9.38 Å². The number of carbonyl (C=O) groups is 1. The predicted octanol–water partition coefficient (Wildman–Crippen LogP) is 2.13. The Kier molecular flexibility index (Phi) is 8.70. The van der Waals surface area contributed by atoms with Crippen molar-refractivity contribution < 1.29 is 9.18 Å². The van der Waals surface area contributed by atoms with Gasteiger partial charge in [0.25, 0.3) is 0 Å². The maximum Gasteiger partial charge on any atom is 0.239 e. The topological polar surface area (TPSA) is 60.0 Å². The summed E-state index contributed by atoms with van der Waals surface area (Å²) in [4.78, 5) is 20.8. The molecule has 0 bridgehead atoms. The Labute approximate surface area is 168 Å². The number of guanidine groups is 1. The van der Waals surface area contributed by atoms with Crippen LogP contribution in [0.3, 0.4) is 0 Å². The van der Waals surface area contributed by atoms with Crippen molar-refractivity contribution in [1.82, 2.24) is 20.4 Å². The van der Waals surface area contributed by atoms with Crippen molar-refractivity contribution in [3.05, 3.63) is 35.1 Å². The number of aryl methyl sites for hydroxylation is 1. The van der Waals surface area contributed by atoms with Crippen LogP contribution in [0.2, 0.25) is 0 Å². The third kappa shape index (κ3) is 6.48. The molecule has 0 aromatic heterocycles. The zero-order valence-corrected chi connectivity index (χ0v) is 17.6. The van der Waals surface area contributed by atoms with Crippen LogP contribution in [0.25, 0.3) is 0 Å². The minimum atomic E-state index is -0.189. The van der Waals surface area contributed by atoms with E-state index in [-0.39, 0.29) is 17.8 Å². The number of rotatable bonds is 8. The van der Waals surface area contributed by atoms with Crippen molar-refractivity contribution in [2.75, 3.05) is 40.3 Å². The first-order chi connectivity index (χ1) is 13.4. The van der Waals surface area contributed by atoms with Crippen LogP contribution in [0.4, 0.5) is 4.39 Å². The van der Waals surface area contributed by atoms with Gasteiger partial charge >= 0.3 is 0 Å². The average molecular weight is 392 g/mol. The highest BCUT2D eigenvalue weighted by molar-refractivity contribution is 5.81. The lowest BCUT2D eigenvalue weighted by molar-refractivity contribution is -0.133. The SMILES string of the molecule is CCNC(=NCc1ccc(F)c(C)c1)NCCCN1CCCC1C(=O)N(C)C. The fourth-order valence-corrected chi connectivity index (χ4v) is 3.48. The lowest BCUT2D eigenvalue weighted by Crippen LogP contribution is -2.44. The smallest absolute Gasteiger partial charge is 0.239 e. The van der Waals surface area contributed by atoms with Gasteiger partial charge in [-0.2, -0.15) is 0 Å². The Morgan fingerprint density at radius 1 is 1.36 bits per heavy atom. The van der Waals surface area contributed by atoms with Crippen LogP contribution in [0, 0.1) is 12.7 Å². The number of likely N-dealkylation sites (tertiary alicyclic amines) is 1. The number of aliphatic imine (C=N–C) groups is 1. The molecule has 156 valence electrons. The minimum Gasteiger partial charge on any atom is -0.357 e. The largest absolute Gasteiger partial charge is 0.357 e. The quantitative estimate of drug-likeness (QED) is 0.405. The van der Waals surface area contributed by atoms with Gasteiger partial charge in [-0.1, -0.05) is 12.1 Å². The molecule has 1 aliphatic heterocycles. The average Bonchev–Trinajstić information content (AvgIpc) is 3.13. The van der Waals surface area contributed by atoms with Crippen LogP contribution in [-0.4, -0.2) is 68.0 Å². The van der Waals surface area contributed by atoms with E-state index in [0.717, 1.165) is 57.0 Å². The van der Waals surface area contributed by atoms with E-state index >= 15 is 0 Å². The van der Waals surface area contributed by atoms with Gasteiger partial charge in [0.2, 0.25) is 5.91 Å². The van der Waals surface area contributed by atoms with Gasteiger partial charge in [0.1, 0.15) is 5.82 Å². The third-order valence-corrected chi connectivity index (χ3v) is 4.99. The molecule has 6 nitrogen and oxygen atoms in total. The molecular weight excluding hydrogens is 357 g/mol. The number of benzene rings is 1. The highest BCUT2D eigenvalue weighted by atomic mass is 19.1. The molecule has 1 saturated heterocycles. The molecule has 0 saturated carbocycles. The molecular formula is C21H34FN5O. The molecule has 0 radical (unpaired) electrons. The zero-order valence-electron chi connectivity index (χ0n) is 17.6. The number of hydrogen-bond donors (Lipinski definition) is 2. The molecule has 1 heterocycles. The van der Waals surface area contributed by atoms with Crippen molar-refractivity contribution in [1.29, 1.82) is 0 Å². The molecule has 7 heteroatoms. The summed E-state index contributed by atoms with van der Waals surface area (Å²) in [6.07, 6.45) is 2.97. The molecule has 2 rings (SSSR count). The Hall–Kier alpha value is -2.15. The summed E-state index contributed by atoms with van der Waals surface area (Å²) >= 11 is 0. The monoisotopic (exact) mass is 391 g/mol. The Balaban J connectivity index is 1.81. The Morgan fingerprint density at radius 3 is 2.82 bits per heavy atom. The maximum atomic E-state index is 13.4. The molecule has 2 N–H and O–H groups in total. The molecule has 1 aromatic rings. The van der Waals surface area contributed by atoms with E-state index in [1.165, 1.54) is 6.07 Å². The molecule has 0 aliphatic carbocycles. The van der Waals surface area contributed by atoms with Gasteiger partial charge in [-0.05, 0) is 56.8 Å². The number of nitrogens with zero attached hydrogens (tertiary/aromatic N) is 3. The molecule has 28 heavy (non-hydrogen) atoms. The molecule has 1 atom stereocenters. The first kappa shape index (κ1) is 22.1. The normalized spacial score (nSPS) is 17.6. The van der Waals surface area contributed by atoms with Crippen molar-refractivity contribution in [2.45, 2.75) is 45.7 Å². The highest BCUT2D eigenvalue weighted by Crippen LogP contribution is 2.18. The van der Waals surface area contributed by atoms with Gasteiger partial charge < -0.3 is 15.5 Å². The molecule has 1 aromatic carbocycles. The van der Waals surface area contributed by atoms with Crippen LogP contribution in [0.5, 0.6) is 0 Å². The van der Waals surface area contributed by atoms with E-state index in [1.54, 1.807) is 17.9 Å². The van der Waals surface area contributed by atoms with Gasteiger partial charge in [-0.3, -0.25) is 9.69 Å². The summed E-state index contributed by atoms with van der Waals surface area (Å²) in [7, 11) is 3.64. The second-order valence-electron chi connectivity index (χ2n) is 7.49. The number of hydrogen-bond acceptors (Lipinski definition) is 3. The van der Waals surface area contributed by atoms with Crippen molar-refractivity contribution in [3.63, 3.8) is 0 Å². The van der Waals surface area contributed by atoms with E-state index in [9.17, 15) is 9.18 Å². The Morgan fingerprint density at radius 2 is 2.14 bits per heavy atom. The number of halogens is 1.